The summed E-state index contributed by atoms with van der Waals surface area (Å²) in [6, 6.07) is 0. The van der Waals surface area contributed by atoms with Crippen molar-refractivity contribution in [2.45, 2.75) is 97.2 Å². The highest BCUT2D eigenvalue weighted by Crippen LogP contribution is 2.70. The number of alkyl halides is 2. The number of fused-ring (bicyclic) bond motifs is 5. The van der Waals surface area contributed by atoms with E-state index in [1.54, 1.807) is 21.1 Å². The second kappa shape index (κ2) is 11.6. The molecule has 0 aromatic heterocycles. The van der Waals surface area contributed by atoms with Gasteiger partial charge in [0.25, 0.3) is 0 Å². The highest BCUT2D eigenvalue weighted by molar-refractivity contribution is 5.77. The lowest BCUT2D eigenvalue weighted by Crippen LogP contribution is -2.63. The van der Waals surface area contributed by atoms with E-state index >= 15 is 8.78 Å². The molecule has 0 spiro atoms. The Morgan fingerprint density at radius 3 is 2.18 bits per heavy atom. The van der Waals surface area contributed by atoms with Crippen LogP contribution in [0.5, 0.6) is 0 Å². The summed E-state index contributed by atoms with van der Waals surface area (Å²) in [7, 11) is 4.37. The van der Waals surface area contributed by atoms with E-state index < -0.39 is 17.8 Å². The van der Waals surface area contributed by atoms with Crippen molar-refractivity contribution in [2.75, 3.05) is 34.9 Å². The van der Waals surface area contributed by atoms with Gasteiger partial charge in [0.2, 0.25) is 0 Å². The lowest BCUT2D eigenvalue weighted by molar-refractivity contribution is -0.241. The normalized spacial score (nSPS) is 43.6. The van der Waals surface area contributed by atoms with Crippen molar-refractivity contribution in [3.63, 3.8) is 0 Å². The number of methoxy groups -OCH3 is 3. The zero-order chi connectivity index (χ0) is 27.9. The fourth-order valence-corrected chi connectivity index (χ4v) is 10.0. The van der Waals surface area contributed by atoms with Crippen LogP contribution < -0.4 is 0 Å². The number of hydrogen-bond acceptors (Lipinski definition) is 6. The Hall–Kier alpha value is -0.830. The molecule has 0 aromatic carbocycles. The summed E-state index contributed by atoms with van der Waals surface area (Å²) < 4.78 is 58.1. The van der Waals surface area contributed by atoms with Crippen LogP contribution in [0.25, 0.3) is 0 Å². The van der Waals surface area contributed by atoms with Gasteiger partial charge in [-0.25, -0.2) is 4.79 Å². The van der Waals surface area contributed by atoms with Crippen LogP contribution in [0.3, 0.4) is 0 Å². The van der Waals surface area contributed by atoms with E-state index in [1.165, 1.54) is 0 Å². The van der Waals surface area contributed by atoms with Gasteiger partial charge in [-0.3, -0.25) is 0 Å². The molecular weight excluding hydrogens is 494 g/mol. The third-order valence-corrected chi connectivity index (χ3v) is 11.8. The van der Waals surface area contributed by atoms with Crippen molar-refractivity contribution in [3.05, 3.63) is 0 Å². The number of carbonyl (C=O) groups excluding carboxylic acids is 1. The molecule has 2 unspecified atom stereocenters. The minimum absolute atomic E-state index is 0.0176. The van der Waals surface area contributed by atoms with E-state index in [2.05, 4.69) is 25.5 Å². The van der Waals surface area contributed by atoms with E-state index in [-0.39, 0.29) is 47.6 Å². The molecule has 0 radical (unpaired) electrons. The maximum Gasteiger partial charge on any atom is 0.377 e. The molecule has 220 valence electrons. The Balaban J connectivity index is 1.68. The predicted octanol–water partition coefficient (Wildman–Crippen LogP) is 6.31. The number of ether oxygens (including phenoxy) is 5. The standard InChI is InChI=1S/C30H50F2O6/c1-8-20-24-15-19(37-16-34-5)11-13-29(24,4)23-12-14-28(3)21(18(2)30(31,32)27(33)36-7)9-10-22(28)25(23)26(20)38-17-35-6/h18-26H,8-17H2,1-7H3/t18-,19?,20+,21+,22-,23-,24-,25-,26?,28+,29+/m0/s1. The molecule has 0 amide bonds. The lowest BCUT2D eigenvalue weighted by Gasteiger charge is -2.65. The van der Waals surface area contributed by atoms with Crippen molar-refractivity contribution in [3.8, 4) is 0 Å². The smallest absolute Gasteiger partial charge is 0.377 e. The van der Waals surface area contributed by atoms with Gasteiger partial charge < -0.3 is 23.7 Å². The summed E-state index contributed by atoms with van der Waals surface area (Å²) in [5.74, 6) is -4.37. The quantitative estimate of drug-likeness (QED) is 0.237. The number of rotatable bonds is 10. The fraction of sp³-hybridized carbons (Fsp3) is 0.967. The summed E-state index contributed by atoms with van der Waals surface area (Å²) in [6.07, 6.45) is 7.84. The molecule has 0 aliphatic heterocycles. The predicted molar refractivity (Wildman–Crippen MR) is 139 cm³/mol. The number of hydrogen-bond donors (Lipinski definition) is 0. The molecule has 0 heterocycles. The molecule has 4 fully saturated rings. The van der Waals surface area contributed by atoms with Gasteiger partial charge in [0, 0.05) is 20.1 Å². The minimum atomic E-state index is -3.49. The largest absolute Gasteiger partial charge is 0.465 e. The van der Waals surface area contributed by atoms with E-state index in [0.717, 1.165) is 52.1 Å². The first-order chi connectivity index (χ1) is 18.0. The summed E-state index contributed by atoms with van der Waals surface area (Å²) in [5, 5.41) is 0. The molecular formula is C30H50F2O6. The van der Waals surface area contributed by atoms with E-state index in [1.807, 2.05) is 0 Å². The summed E-state index contributed by atoms with van der Waals surface area (Å²) in [5.41, 5.74) is -0.112. The molecule has 4 aliphatic rings. The topological polar surface area (TPSA) is 63.2 Å². The van der Waals surface area contributed by atoms with Crippen LogP contribution >= 0.6 is 0 Å². The monoisotopic (exact) mass is 544 g/mol. The zero-order valence-electron chi connectivity index (χ0n) is 24.5. The Kier molecular flexibility index (Phi) is 9.18. The highest BCUT2D eigenvalue weighted by Gasteiger charge is 2.67. The molecule has 4 saturated carbocycles. The van der Waals surface area contributed by atoms with Crippen molar-refractivity contribution < 1.29 is 37.3 Å². The lowest BCUT2D eigenvalue weighted by atomic mass is 9.41. The first kappa shape index (κ1) is 30.1. The highest BCUT2D eigenvalue weighted by atomic mass is 19.3. The molecule has 4 aliphatic carbocycles. The van der Waals surface area contributed by atoms with Crippen LogP contribution in [0.2, 0.25) is 0 Å². The maximum absolute atomic E-state index is 15.2. The van der Waals surface area contributed by atoms with Gasteiger partial charge in [-0.1, -0.05) is 34.1 Å². The first-order valence-corrected chi connectivity index (χ1v) is 14.7. The van der Waals surface area contributed by atoms with Crippen molar-refractivity contribution in [1.29, 1.82) is 0 Å². The molecule has 38 heavy (non-hydrogen) atoms. The van der Waals surface area contributed by atoms with Crippen LogP contribution in [0, 0.1) is 52.3 Å². The molecule has 0 saturated heterocycles. The Bertz CT molecular complexity index is 825. The van der Waals surface area contributed by atoms with Crippen LogP contribution in [0.1, 0.15) is 79.1 Å². The Morgan fingerprint density at radius 1 is 0.921 bits per heavy atom. The molecule has 0 bridgehead atoms. The van der Waals surface area contributed by atoms with E-state index in [0.29, 0.717) is 31.0 Å². The maximum atomic E-state index is 15.2. The Labute approximate surface area is 227 Å². The summed E-state index contributed by atoms with van der Waals surface area (Å²) in [6.45, 7) is 9.06. The van der Waals surface area contributed by atoms with Gasteiger partial charge in [0.15, 0.2) is 0 Å². The van der Waals surface area contributed by atoms with Crippen molar-refractivity contribution in [1.82, 2.24) is 0 Å². The second-order valence-corrected chi connectivity index (χ2v) is 13.1. The number of carbonyl (C=O) groups is 1. The van der Waals surface area contributed by atoms with Gasteiger partial charge in [0.1, 0.15) is 13.6 Å². The van der Waals surface area contributed by atoms with Crippen LogP contribution in [-0.2, 0) is 28.5 Å². The first-order valence-electron chi connectivity index (χ1n) is 14.7. The third-order valence-electron chi connectivity index (χ3n) is 11.8. The number of halogens is 2. The van der Waals surface area contributed by atoms with Crippen molar-refractivity contribution in [2.24, 2.45) is 52.3 Å². The molecule has 0 N–H and O–H groups in total. The van der Waals surface area contributed by atoms with Crippen LogP contribution in [0.15, 0.2) is 0 Å². The van der Waals surface area contributed by atoms with Gasteiger partial charge >= 0.3 is 11.9 Å². The average Bonchev–Trinajstić information content (AvgIpc) is 3.26. The molecule has 0 aromatic rings. The van der Waals surface area contributed by atoms with Crippen molar-refractivity contribution >= 4 is 5.97 Å². The van der Waals surface area contributed by atoms with Crippen LogP contribution in [0.4, 0.5) is 8.78 Å². The van der Waals surface area contributed by atoms with Crippen LogP contribution in [-0.4, -0.2) is 59.0 Å². The molecule has 4 rings (SSSR count). The second-order valence-electron chi connectivity index (χ2n) is 13.1. The SMILES string of the molecule is CC[C@H]1C(OCOC)[C@@H]2[C@H](CC[C@]3(C)[C@@H]([C@H](C)C(F)(F)C(=O)OC)CC[C@@H]23)[C@@]2(C)CCC(OCOC)C[C@@H]12. The molecule has 11 atom stereocenters. The van der Waals surface area contributed by atoms with Gasteiger partial charge in [0.05, 0.1) is 19.3 Å². The summed E-state index contributed by atoms with van der Waals surface area (Å²) >= 11 is 0. The molecule has 6 nitrogen and oxygen atoms in total. The van der Waals surface area contributed by atoms with Gasteiger partial charge in [-0.2, -0.15) is 8.78 Å². The Morgan fingerprint density at radius 2 is 1.55 bits per heavy atom. The van der Waals surface area contributed by atoms with E-state index in [4.69, 9.17) is 18.9 Å². The fourth-order valence-electron chi connectivity index (χ4n) is 10.0. The number of esters is 1. The summed E-state index contributed by atoms with van der Waals surface area (Å²) in [4.78, 5) is 12.0. The molecule has 8 heteroatoms. The zero-order valence-corrected chi connectivity index (χ0v) is 24.5. The van der Waals surface area contributed by atoms with Gasteiger partial charge in [-0.15, -0.1) is 0 Å². The minimum Gasteiger partial charge on any atom is -0.465 e. The average molecular weight is 545 g/mol. The third kappa shape index (κ3) is 4.83. The van der Waals surface area contributed by atoms with Gasteiger partial charge in [-0.05, 0) is 91.3 Å². The van der Waals surface area contributed by atoms with E-state index in [9.17, 15) is 4.79 Å².